The Balaban J connectivity index is 1.64. The number of anilines is 1. The van der Waals surface area contributed by atoms with E-state index < -0.39 is 0 Å². The number of ketones is 1. The molecule has 1 saturated heterocycles. The van der Waals surface area contributed by atoms with Gasteiger partial charge in [0.05, 0.1) is 6.54 Å². The summed E-state index contributed by atoms with van der Waals surface area (Å²) < 4.78 is 0. The molecule has 1 aromatic rings. The van der Waals surface area contributed by atoms with Gasteiger partial charge in [0.2, 0.25) is 5.91 Å². The van der Waals surface area contributed by atoms with Crippen LogP contribution in [-0.4, -0.2) is 61.3 Å². The first kappa shape index (κ1) is 19.6. The summed E-state index contributed by atoms with van der Waals surface area (Å²) in [7, 11) is 2.03. The number of para-hydroxylation sites is 1. The normalized spacial score (nSPS) is 21.0. The van der Waals surface area contributed by atoms with Crippen LogP contribution >= 0.6 is 0 Å². The van der Waals surface area contributed by atoms with Crippen LogP contribution in [0.25, 0.3) is 0 Å². The van der Waals surface area contributed by atoms with E-state index in [0.29, 0.717) is 19.6 Å². The van der Waals surface area contributed by atoms with Gasteiger partial charge < -0.3 is 9.80 Å². The van der Waals surface area contributed by atoms with Gasteiger partial charge in [-0.05, 0) is 11.6 Å². The van der Waals surface area contributed by atoms with Crippen molar-refractivity contribution >= 4 is 17.4 Å². The minimum Gasteiger partial charge on any atom is -0.347 e. The molecule has 146 valence electrons. The predicted molar refractivity (Wildman–Crippen MR) is 109 cm³/mol. The van der Waals surface area contributed by atoms with Crippen molar-refractivity contribution in [2.24, 2.45) is 5.92 Å². The lowest BCUT2D eigenvalue weighted by Crippen LogP contribution is -2.50. The van der Waals surface area contributed by atoms with Gasteiger partial charge in [-0.1, -0.05) is 45.9 Å². The Morgan fingerprint density at radius 1 is 1.11 bits per heavy atom. The second-order valence-corrected chi connectivity index (χ2v) is 8.45. The van der Waals surface area contributed by atoms with Gasteiger partial charge in [-0.3, -0.25) is 14.5 Å². The quantitative estimate of drug-likeness (QED) is 0.766. The van der Waals surface area contributed by atoms with Crippen molar-refractivity contribution < 1.29 is 9.59 Å². The first-order valence-electron chi connectivity index (χ1n) is 9.81. The number of carbonyl (C=O) groups excluding carboxylic acids is 2. The van der Waals surface area contributed by atoms with E-state index in [4.69, 9.17) is 0 Å². The van der Waals surface area contributed by atoms with Gasteiger partial charge in [-0.15, -0.1) is 0 Å². The lowest BCUT2D eigenvalue weighted by atomic mass is 9.83. The molecule has 1 fully saturated rings. The SMILES string of the molecule is CC(C)C(=O)N1CCN(CC(=O)C=C2N(C)c3ccccc3C2(C)C)CC1. The Hall–Kier alpha value is -2.14. The highest BCUT2D eigenvalue weighted by molar-refractivity contribution is 5.94. The van der Waals surface area contributed by atoms with Gasteiger partial charge in [-0.25, -0.2) is 0 Å². The molecule has 5 nitrogen and oxygen atoms in total. The predicted octanol–water partition coefficient (Wildman–Crippen LogP) is 2.67. The van der Waals surface area contributed by atoms with Crippen molar-refractivity contribution in [2.75, 3.05) is 44.7 Å². The number of benzene rings is 1. The van der Waals surface area contributed by atoms with Crippen molar-refractivity contribution in [3.8, 4) is 0 Å². The molecule has 0 aromatic heterocycles. The van der Waals surface area contributed by atoms with Gasteiger partial charge in [0, 0.05) is 62.0 Å². The minimum absolute atomic E-state index is 0.0321. The maximum atomic E-state index is 12.8. The molecule has 0 saturated carbocycles. The molecule has 1 aromatic carbocycles. The summed E-state index contributed by atoms with van der Waals surface area (Å²) in [5.41, 5.74) is 3.29. The summed E-state index contributed by atoms with van der Waals surface area (Å²) >= 11 is 0. The number of nitrogens with zero attached hydrogens (tertiary/aromatic N) is 3. The van der Waals surface area contributed by atoms with E-state index >= 15 is 0 Å². The number of hydrogen-bond donors (Lipinski definition) is 0. The largest absolute Gasteiger partial charge is 0.347 e. The molecule has 2 heterocycles. The van der Waals surface area contributed by atoms with E-state index in [-0.39, 0.29) is 23.0 Å². The zero-order chi connectivity index (χ0) is 19.8. The molecule has 0 aliphatic carbocycles. The number of hydrogen-bond acceptors (Lipinski definition) is 4. The average molecular weight is 370 g/mol. The molecule has 0 spiro atoms. The van der Waals surface area contributed by atoms with Crippen LogP contribution in [0.1, 0.15) is 33.3 Å². The molecular weight excluding hydrogens is 338 g/mol. The zero-order valence-corrected chi connectivity index (χ0v) is 17.2. The van der Waals surface area contributed by atoms with E-state index in [0.717, 1.165) is 18.8 Å². The molecule has 5 heteroatoms. The Morgan fingerprint density at radius 2 is 1.74 bits per heavy atom. The van der Waals surface area contributed by atoms with Crippen LogP contribution in [0.2, 0.25) is 0 Å². The molecule has 2 aliphatic heterocycles. The van der Waals surface area contributed by atoms with Crippen LogP contribution < -0.4 is 4.90 Å². The number of likely N-dealkylation sites (N-methyl/N-ethyl adjacent to an activating group) is 1. The van der Waals surface area contributed by atoms with Crippen molar-refractivity contribution in [3.05, 3.63) is 41.6 Å². The highest BCUT2D eigenvalue weighted by Crippen LogP contribution is 2.46. The number of amides is 1. The smallest absolute Gasteiger partial charge is 0.225 e. The molecule has 0 N–H and O–H groups in total. The standard InChI is InChI=1S/C22H31N3O2/c1-16(2)21(27)25-12-10-24(11-13-25)15-17(26)14-20-22(3,4)18-8-6-7-9-19(18)23(20)5/h6-9,14,16H,10-13,15H2,1-5H3. The molecule has 2 aliphatic rings. The van der Waals surface area contributed by atoms with Crippen LogP contribution in [0.4, 0.5) is 5.69 Å². The molecule has 0 unspecified atom stereocenters. The Kier molecular flexibility index (Phi) is 5.43. The van der Waals surface area contributed by atoms with Crippen molar-refractivity contribution in [1.82, 2.24) is 9.80 Å². The average Bonchev–Trinajstić information content (AvgIpc) is 2.83. The van der Waals surface area contributed by atoms with Gasteiger partial charge in [-0.2, -0.15) is 0 Å². The Morgan fingerprint density at radius 3 is 2.33 bits per heavy atom. The lowest BCUT2D eigenvalue weighted by molar-refractivity contribution is -0.136. The van der Waals surface area contributed by atoms with Crippen LogP contribution in [-0.2, 0) is 15.0 Å². The van der Waals surface area contributed by atoms with Crippen LogP contribution in [0.5, 0.6) is 0 Å². The summed E-state index contributed by atoms with van der Waals surface area (Å²) in [6, 6.07) is 8.33. The van der Waals surface area contributed by atoms with Crippen molar-refractivity contribution in [3.63, 3.8) is 0 Å². The number of allylic oxidation sites excluding steroid dienone is 1. The lowest BCUT2D eigenvalue weighted by Gasteiger charge is -2.35. The number of fused-ring (bicyclic) bond motifs is 1. The fourth-order valence-electron chi connectivity index (χ4n) is 4.17. The summed E-state index contributed by atoms with van der Waals surface area (Å²) in [5, 5.41) is 0. The van der Waals surface area contributed by atoms with Crippen LogP contribution in [0.15, 0.2) is 36.0 Å². The molecule has 0 radical (unpaired) electrons. The fraction of sp³-hybridized carbons (Fsp3) is 0.545. The monoisotopic (exact) mass is 369 g/mol. The Bertz CT molecular complexity index is 759. The fourth-order valence-corrected chi connectivity index (χ4v) is 4.17. The number of piperazine rings is 1. The maximum Gasteiger partial charge on any atom is 0.225 e. The topological polar surface area (TPSA) is 43.9 Å². The van der Waals surface area contributed by atoms with Crippen molar-refractivity contribution in [2.45, 2.75) is 33.1 Å². The van der Waals surface area contributed by atoms with E-state index in [2.05, 4.69) is 41.8 Å². The molecular formula is C22H31N3O2. The zero-order valence-electron chi connectivity index (χ0n) is 17.2. The summed E-state index contributed by atoms with van der Waals surface area (Å²) in [6.45, 7) is 11.5. The first-order chi connectivity index (χ1) is 12.7. The van der Waals surface area contributed by atoms with E-state index in [9.17, 15) is 9.59 Å². The van der Waals surface area contributed by atoms with Gasteiger partial charge in [0.15, 0.2) is 5.78 Å². The highest BCUT2D eigenvalue weighted by Gasteiger charge is 2.38. The second-order valence-electron chi connectivity index (χ2n) is 8.45. The first-order valence-corrected chi connectivity index (χ1v) is 9.81. The van der Waals surface area contributed by atoms with E-state index in [1.54, 1.807) is 0 Å². The van der Waals surface area contributed by atoms with Crippen molar-refractivity contribution in [1.29, 1.82) is 0 Å². The summed E-state index contributed by atoms with van der Waals surface area (Å²) in [5.74, 6) is 0.362. The van der Waals surface area contributed by atoms with Crippen LogP contribution in [0.3, 0.4) is 0 Å². The minimum atomic E-state index is -0.177. The van der Waals surface area contributed by atoms with Crippen LogP contribution in [0, 0.1) is 5.92 Å². The molecule has 3 rings (SSSR count). The highest BCUT2D eigenvalue weighted by atomic mass is 16.2. The third-order valence-electron chi connectivity index (χ3n) is 5.80. The number of rotatable bonds is 4. The molecule has 0 bridgehead atoms. The van der Waals surface area contributed by atoms with E-state index in [1.807, 2.05) is 37.9 Å². The molecule has 1 amide bonds. The third-order valence-corrected chi connectivity index (χ3v) is 5.80. The summed E-state index contributed by atoms with van der Waals surface area (Å²) in [4.78, 5) is 31.0. The second kappa shape index (κ2) is 7.47. The maximum absolute atomic E-state index is 12.8. The molecule has 0 atom stereocenters. The van der Waals surface area contributed by atoms with E-state index in [1.165, 1.54) is 11.3 Å². The van der Waals surface area contributed by atoms with Gasteiger partial charge >= 0.3 is 0 Å². The third kappa shape index (κ3) is 3.79. The summed E-state index contributed by atoms with van der Waals surface area (Å²) in [6.07, 6.45) is 1.81. The molecule has 27 heavy (non-hydrogen) atoms. The number of carbonyl (C=O) groups is 2. The van der Waals surface area contributed by atoms with Gasteiger partial charge in [0.25, 0.3) is 0 Å². The Labute approximate surface area is 162 Å². The van der Waals surface area contributed by atoms with Gasteiger partial charge in [0.1, 0.15) is 0 Å².